The van der Waals surface area contributed by atoms with Crippen LogP contribution in [0.1, 0.15) is 32.8 Å². The van der Waals surface area contributed by atoms with Crippen molar-refractivity contribution in [1.29, 1.82) is 0 Å². The number of rotatable bonds is 6. The predicted molar refractivity (Wildman–Crippen MR) is 86.1 cm³/mol. The van der Waals surface area contributed by atoms with Gasteiger partial charge in [-0.05, 0) is 45.5 Å². The number of hydrogen-bond donors (Lipinski definition) is 1. The highest BCUT2D eigenvalue weighted by Gasteiger charge is 2.16. The fraction of sp³-hybridized carbons (Fsp3) is 0.600. The second-order valence-electron chi connectivity index (χ2n) is 5.96. The topological polar surface area (TPSA) is 21.3 Å². The van der Waals surface area contributed by atoms with Crippen molar-refractivity contribution in [3.8, 4) is 5.75 Å². The van der Waals surface area contributed by atoms with Crippen LogP contribution in [-0.4, -0.2) is 19.0 Å². The third kappa shape index (κ3) is 6.64. The maximum Gasteiger partial charge on any atom is 0.133 e. The van der Waals surface area contributed by atoms with E-state index in [1.54, 1.807) is 7.11 Å². The summed E-state index contributed by atoms with van der Waals surface area (Å²) in [5, 5.41) is 3.56. The molecule has 0 amide bonds. The fourth-order valence-electron chi connectivity index (χ4n) is 1.93. The summed E-state index contributed by atoms with van der Waals surface area (Å²) in [5.74, 6) is 0.853. The van der Waals surface area contributed by atoms with Gasteiger partial charge in [0.2, 0.25) is 0 Å². The summed E-state index contributed by atoms with van der Waals surface area (Å²) in [5.41, 5.74) is 1.49. The molecule has 0 aliphatic carbocycles. The third-order valence-corrected chi connectivity index (χ3v) is 3.67. The van der Waals surface area contributed by atoms with E-state index < -0.39 is 0 Å². The van der Waals surface area contributed by atoms with Gasteiger partial charge in [-0.2, -0.15) is 0 Å². The normalized spacial score (nSPS) is 13.4. The number of benzene rings is 1. The standard InChI is InChI=1S/C15H23BrClNO/c1-15(2,3)8-12(17)10-18-9-11-5-6-14(19-4)13(16)7-11/h5-7,12,18H,8-10H2,1-4H3. The molecule has 1 N–H and O–H groups in total. The Hall–Kier alpha value is -0.250. The minimum atomic E-state index is 0.168. The van der Waals surface area contributed by atoms with E-state index in [0.717, 1.165) is 29.7 Å². The number of ether oxygens (including phenoxy) is 1. The van der Waals surface area contributed by atoms with Gasteiger partial charge in [0.05, 0.1) is 11.6 Å². The van der Waals surface area contributed by atoms with E-state index >= 15 is 0 Å². The summed E-state index contributed by atoms with van der Waals surface area (Å²) < 4.78 is 6.19. The molecule has 2 nitrogen and oxygen atoms in total. The van der Waals surface area contributed by atoms with Gasteiger partial charge in [-0.3, -0.25) is 0 Å². The smallest absolute Gasteiger partial charge is 0.133 e. The maximum atomic E-state index is 6.32. The Morgan fingerprint density at radius 3 is 2.58 bits per heavy atom. The largest absolute Gasteiger partial charge is 0.496 e. The van der Waals surface area contributed by atoms with Crippen molar-refractivity contribution in [2.75, 3.05) is 13.7 Å². The maximum absolute atomic E-state index is 6.32. The molecule has 0 heterocycles. The summed E-state index contributed by atoms with van der Waals surface area (Å²) in [7, 11) is 1.67. The molecule has 1 rings (SSSR count). The van der Waals surface area contributed by atoms with Crippen molar-refractivity contribution in [3.05, 3.63) is 28.2 Å². The second-order valence-corrected chi connectivity index (χ2v) is 7.43. The van der Waals surface area contributed by atoms with Gasteiger partial charge >= 0.3 is 0 Å². The monoisotopic (exact) mass is 347 g/mol. The molecule has 19 heavy (non-hydrogen) atoms. The number of methoxy groups -OCH3 is 1. The van der Waals surface area contributed by atoms with Gasteiger partial charge in [0.25, 0.3) is 0 Å². The molecule has 108 valence electrons. The van der Waals surface area contributed by atoms with E-state index in [4.69, 9.17) is 16.3 Å². The van der Waals surface area contributed by atoms with Crippen LogP contribution in [0.2, 0.25) is 0 Å². The van der Waals surface area contributed by atoms with Crippen molar-refractivity contribution in [2.45, 2.75) is 39.1 Å². The molecule has 0 aliphatic heterocycles. The zero-order valence-corrected chi connectivity index (χ0v) is 14.4. The van der Waals surface area contributed by atoms with Crippen molar-refractivity contribution in [2.24, 2.45) is 5.41 Å². The van der Waals surface area contributed by atoms with Crippen molar-refractivity contribution < 1.29 is 4.74 Å². The minimum Gasteiger partial charge on any atom is -0.496 e. The molecule has 4 heteroatoms. The molecule has 0 fully saturated rings. The number of nitrogens with one attached hydrogen (secondary N) is 1. The lowest BCUT2D eigenvalue weighted by molar-refractivity contribution is 0.364. The molecule has 0 aromatic heterocycles. The van der Waals surface area contributed by atoms with Crippen LogP contribution in [0.5, 0.6) is 5.75 Å². The van der Waals surface area contributed by atoms with Crippen LogP contribution in [0.3, 0.4) is 0 Å². The van der Waals surface area contributed by atoms with Gasteiger partial charge in [0.15, 0.2) is 0 Å². The first-order chi connectivity index (χ1) is 8.81. The van der Waals surface area contributed by atoms with Crippen LogP contribution >= 0.6 is 27.5 Å². The van der Waals surface area contributed by atoms with E-state index in [1.807, 2.05) is 6.07 Å². The Morgan fingerprint density at radius 2 is 2.05 bits per heavy atom. The van der Waals surface area contributed by atoms with Gasteiger partial charge in [-0.1, -0.05) is 26.8 Å². The molecular formula is C15H23BrClNO. The van der Waals surface area contributed by atoms with Crippen LogP contribution in [0.25, 0.3) is 0 Å². The summed E-state index contributed by atoms with van der Waals surface area (Å²) >= 11 is 9.81. The molecule has 0 aliphatic rings. The Bertz CT molecular complexity index is 404. The van der Waals surface area contributed by atoms with Gasteiger partial charge in [0.1, 0.15) is 5.75 Å². The Balaban J connectivity index is 2.39. The summed E-state index contributed by atoms with van der Waals surface area (Å²) in [6, 6.07) is 6.09. The zero-order valence-electron chi connectivity index (χ0n) is 12.1. The lowest BCUT2D eigenvalue weighted by Gasteiger charge is -2.22. The van der Waals surface area contributed by atoms with E-state index in [-0.39, 0.29) is 10.8 Å². The van der Waals surface area contributed by atoms with Crippen LogP contribution in [0.15, 0.2) is 22.7 Å². The molecular weight excluding hydrogens is 326 g/mol. The second kappa shape index (κ2) is 7.51. The van der Waals surface area contributed by atoms with E-state index in [9.17, 15) is 0 Å². The number of alkyl halides is 1. The lowest BCUT2D eigenvalue weighted by atomic mass is 9.90. The van der Waals surface area contributed by atoms with Crippen molar-refractivity contribution in [1.82, 2.24) is 5.32 Å². The van der Waals surface area contributed by atoms with E-state index in [2.05, 4.69) is 54.2 Å². The molecule has 1 atom stereocenters. The molecule has 0 saturated heterocycles. The van der Waals surface area contributed by atoms with Crippen molar-refractivity contribution in [3.63, 3.8) is 0 Å². The van der Waals surface area contributed by atoms with Crippen molar-refractivity contribution >= 4 is 27.5 Å². The van der Waals surface area contributed by atoms with Crippen LogP contribution in [0, 0.1) is 5.41 Å². The van der Waals surface area contributed by atoms with E-state index in [1.165, 1.54) is 5.56 Å². The fourth-order valence-corrected chi connectivity index (χ4v) is 3.09. The molecule has 1 aromatic rings. The average Bonchev–Trinajstić information content (AvgIpc) is 2.26. The first kappa shape index (κ1) is 16.8. The van der Waals surface area contributed by atoms with Gasteiger partial charge in [-0.25, -0.2) is 0 Å². The van der Waals surface area contributed by atoms with Crippen LogP contribution in [0.4, 0.5) is 0 Å². The first-order valence-electron chi connectivity index (χ1n) is 6.49. The highest BCUT2D eigenvalue weighted by molar-refractivity contribution is 9.10. The van der Waals surface area contributed by atoms with Gasteiger partial charge in [0, 0.05) is 18.5 Å². The molecule has 0 radical (unpaired) electrons. The average molecular weight is 349 g/mol. The summed E-state index contributed by atoms with van der Waals surface area (Å²) in [6.07, 6.45) is 1.01. The molecule has 1 aromatic carbocycles. The minimum absolute atomic E-state index is 0.168. The summed E-state index contributed by atoms with van der Waals surface area (Å²) in [4.78, 5) is 0. The Morgan fingerprint density at radius 1 is 1.37 bits per heavy atom. The highest BCUT2D eigenvalue weighted by Crippen LogP contribution is 2.26. The highest BCUT2D eigenvalue weighted by atomic mass is 79.9. The summed E-state index contributed by atoms with van der Waals surface area (Å²) in [6.45, 7) is 8.27. The lowest BCUT2D eigenvalue weighted by Crippen LogP contribution is -2.26. The number of hydrogen-bond acceptors (Lipinski definition) is 2. The molecule has 0 bridgehead atoms. The van der Waals surface area contributed by atoms with E-state index in [0.29, 0.717) is 0 Å². The quantitative estimate of drug-likeness (QED) is 0.759. The molecule has 1 unspecified atom stereocenters. The molecule has 0 spiro atoms. The van der Waals surface area contributed by atoms with Crippen LogP contribution < -0.4 is 10.1 Å². The zero-order chi connectivity index (χ0) is 14.5. The SMILES string of the molecule is COc1ccc(CNCC(Cl)CC(C)(C)C)cc1Br. The number of halogens is 2. The Kier molecular flexibility index (Phi) is 6.64. The predicted octanol–water partition coefficient (Wildman–Crippen LogP) is 4.59. The van der Waals surface area contributed by atoms with Gasteiger partial charge < -0.3 is 10.1 Å². The Labute approximate surface area is 130 Å². The third-order valence-electron chi connectivity index (χ3n) is 2.75. The van der Waals surface area contributed by atoms with Crippen LogP contribution in [-0.2, 0) is 6.54 Å². The first-order valence-corrected chi connectivity index (χ1v) is 7.72. The van der Waals surface area contributed by atoms with Gasteiger partial charge in [-0.15, -0.1) is 11.6 Å². The molecule has 0 saturated carbocycles.